The van der Waals surface area contributed by atoms with E-state index in [0.717, 1.165) is 16.7 Å². The van der Waals surface area contributed by atoms with Gasteiger partial charge in [-0.3, -0.25) is 14.3 Å². The van der Waals surface area contributed by atoms with Crippen molar-refractivity contribution in [2.24, 2.45) is 4.99 Å². The van der Waals surface area contributed by atoms with E-state index in [9.17, 15) is 32.8 Å². The van der Waals surface area contributed by atoms with Gasteiger partial charge in [-0.25, -0.2) is 0 Å². The van der Waals surface area contributed by atoms with Gasteiger partial charge in [-0.15, -0.1) is 11.8 Å². The summed E-state index contributed by atoms with van der Waals surface area (Å²) in [6.45, 7) is 3.27. The second-order valence-corrected chi connectivity index (χ2v) is 10.1. The van der Waals surface area contributed by atoms with Crippen LogP contribution < -0.4 is 69.3 Å². The van der Waals surface area contributed by atoms with Gasteiger partial charge >= 0.3 is 59.1 Å². The van der Waals surface area contributed by atoms with Crippen LogP contribution in [-0.4, -0.2) is 57.8 Å². The molecule has 4 atom stereocenters. The van der Waals surface area contributed by atoms with Crippen LogP contribution >= 0.6 is 11.8 Å². The number of carboxylic acids is 1. The Hall–Kier alpha value is -0.110. The van der Waals surface area contributed by atoms with Crippen molar-refractivity contribution >= 4 is 39.7 Å². The van der Waals surface area contributed by atoms with E-state index in [0.29, 0.717) is 0 Å². The first-order valence-corrected chi connectivity index (χ1v) is 10.3. The molecule has 4 unspecified atom stereocenters. The summed E-state index contributed by atoms with van der Waals surface area (Å²) in [5.74, 6) is -3.28. The summed E-state index contributed by atoms with van der Waals surface area (Å²) in [6.07, 6.45) is 0. The molecule has 146 valence electrons. The van der Waals surface area contributed by atoms with Crippen molar-refractivity contribution in [2.75, 3.05) is 0 Å². The molecule has 2 fully saturated rings. The Morgan fingerprint density at radius 3 is 2.28 bits per heavy atom. The zero-order valence-corrected chi connectivity index (χ0v) is 21.9. The third-order valence-electron chi connectivity index (χ3n) is 4.53. The number of rotatable bonds is 5. The molecule has 13 heteroatoms. The number of benzene rings is 1. The van der Waals surface area contributed by atoms with Crippen molar-refractivity contribution in [3.05, 3.63) is 35.9 Å². The number of hydrogen-bond acceptors (Lipinski definition) is 8. The van der Waals surface area contributed by atoms with Gasteiger partial charge in [0.15, 0.2) is 6.04 Å². The van der Waals surface area contributed by atoms with Crippen molar-refractivity contribution in [1.82, 2.24) is 4.90 Å². The maximum Gasteiger partial charge on any atom is 1.00 e. The Morgan fingerprint density at radius 2 is 1.79 bits per heavy atom. The number of carbonyl (C=O) groups is 2. The number of aliphatic imine (C=N–C) groups is 1. The molecule has 9 nitrogen and oxygen atoms in total. The molecule has 0 aromatic heterocycles. The van der Waals surface area contributed by atoms with E-state index in [4.69, 9.17) is 0 Å². The first-order chi connectivity index (χ1) is 12.4. The molecule has 0 saturated carbocycles. The minimum absolute atomic E-state index is 0. The molecule has 1 aromatic carbocycles. The van der Waals surface area contributed by atoms with Crippen LogP contribution in [0.2, 0.25) is 0 Å². The second-order valence-electron chi connectivity index (χ2n) is 6.80. The first kappa shape index (κ1) is 26.9. The van der Waals surface area contributed by atoms with E-state index in [-0.39, 0.29) is 64.7 Å². The van der Waals surface area contributed by atoms with Gasteiger partial charge < -0.3 is 19.9 Å². The number of nitrogens with zero attached hydrogens (tertiary/aromatic N) is 2. The first-order valence-electron chi connectivity index (χ1n) is 7.92. The quantitative estimate of drug-likeness (QED) is 0.150. The molecule has 2 aliphatic heterocycles. The van der Waals surface area contributed by atoms with Crippen LogP contribution in [0.1, 0.15) is 24.7 Å². The molecule has 0 radical (unpaired) electrons. The summed E-state index contributed by atoms with van der Waals surface area (Å²) in [5, 5.41) is 21.2. The number of aliphatic carboxylic acids is 1. The molecule has 0 spiro atoms. The number of amides is 1. The normalized spacial score (nSPS) is 26.4. The van der Waals surface area contributed by atoms with Gasteiger partial charge in [0.05, 0.1) is 12.0 Å². The Labute approximate surface area is 216 Å². The number of fused-ring (bicyclic) bond motifs is 1. The predicted octanol–water partition coefficient (Wildman–Crippen LogP) is -7.44. The van der Waals surface area contributed by atoms with Crippen LogP contribution in [0.15, 0.2) is 35.3 Å². The van der Waals surface area contributed by atoms with Crippen molar-refractivity contribution < 1.29 is 91.9 Å². The molecule has 0 bridgehead atoms. The van der Waals surface area contributed by atoms with E-state index < -0.39 is 55.3 Å². The van der Waals surface area contributed by atoms with Crippen molar-refractivity contribution in [2.45, 2.75) is 41.3 Å². The van der Waals surface area contributed by atoms with Crippen LogP contribution in [0.5, 0.6) is 0 Å². The van der Waals surface area contributed by atoms with E-state index >= 15 is 0 Å². The summed E-state index contributed by atoms with van der Waals surface area (Å²) < 4.78 is 32.0. The fourth-order valence-electron chi connectivity index (χ4n) is 3.37. The largest absolute Gasteiger partial charge is 1.00 e. The van der Waals surface area contributed by atoms with Gasteiger partial charge in [0.25, 0.3) is 16.0 Å². The molecule has 0 aliphatic carbocycles. The average molecular weight is 458 g/mol. The molecule has 2 heterocycles. The third-order valence-corrected chi connectivity index (χ3v) is 7.15. The Morgan fingerprint density at radius 1 is 1.24 bits per heavy atom. The average Bonchev–Trinajstić information content (AvgIpc) is 2.81. The number of hydrogen-bond donors (Lipinski definition) is 1. The zero-order valence-electron chi connectivity index (χ0n) is 16.3. The van der Waals surface area contributed by atoms with Crippen LogP contribution in [0.3, 0.4) is 0 Å². The minimum Gasteiger partial charge on any atom is -0.861 e. The minimum atomic E-state index is -4.81. The van der Waals surface area contributed by atoms with Crippen LogP contribution in [0.4, 0.5) is 0 Å². The van der Waals surface area contributed by atoms with Crippen LogP contribution in [-0.2, 0) is 19.7 Å². The summed E-state index contributed by atoms with van der Waals surface area (Å²) in [7, 11) is -4.81. The number of carboxylic acid groups (broad SMARTS) is 1. The van der Waals surface area contributed by atoms with Gasteiger partial charge in [0, 0.05) is 4.75 Å². The number of carbonyl (C=O) groups excluding carboxylic acids is 2. The second kappa shape index (κ2) is 9.58. The molecule has 1 aromatic rings. The maximum absolute atomic E-state index is 12.5. The topological polar surface area (TPSA) is 150 Å². The fourth-order valence-corrected chi connectivity index (χ4v) is 5.79. The van der Waals surface area contributed by atoms with Crippen molar-refractivity contribution in [3.63, 3.8) is 0 Å². The van der Waals surface area contributed by atoms with Gasteiger partial charge in [0.1, 0.15) is 10.6 Å². The van der Waals surface area contributed by atoms with Gasteiger partial charge in [-0.2, -0.15) is 8.42 Å². The van der Waals surface area contributed by atoms with E-state index in [1.165, 1.54) is 24.3 Å². The van der Waals surface area contributed by atoms with Gasteiger partial charge in [0.2, 0.25) is 0 Å². The molecule has 2 saturated heterocycles. The fraction of sp³-hybridized carbons (Fsp3) is 0.438. The van der Waals surface area contributed by atoms with Crippen molar-refractivity contribution in [3.8, 4) is 0 Å². The monoisotopic (exact) mass is 458 g/mol. The SMILES string of the molecule is CC1(C)SC2C(N=C([O-])C(c3ccccc3)S(=O)(=O)O)C(=O)N2C1C(=O)[O-].[Na+].[Na+]. The molecular formula is C16H16N2Na2O7S2. The van der Waals surface area contributed by atoms with E-state index in [1.54, 1.807) is 19.9 Å². The predicted molar refractivity (Wildman–Crippen MR) is 93.1 cm³/mol. The van der Waals surface area contributed by atoms with E-state index in [2.05, 4.69) is 4.99 Å². The maximum atomic E-state index is 12.5. The van der Waals surface area contributed by atoms with Crippen LogP contribution in [0.25, 0.3) is 0 Å². The van der Waals surface area contributed by atoms with Gasteiger partial charge in [-0.05, 0) is 25.3 Å². The number of β-lactam (4-membered cyclic amide) rings is 1. The Kier molecular flexibility index (Phi) is 8.89. The molecule has 29 heavy (non-hydrogen) atoms. The molecular weight excluding hydrogens is 442 g/mol. The summed E-state index contributed by atoms with van der Waals surface area (Å²) in [5.41, 5.74) is 0.0180. The Bertz CT molecular complexity index is 924. The molecule has 1 amide bonds. The summed E-state index contributed by atoms with van der Waals surface area (Å²) in [6, 6.07) is 4.91. The molecule has 2 aliphatic rings. The number of thioether (sulfide) groups is 1. The van der Waals surface area contributed by atoms with Crippen LogP contribution in [0, 0.1) is 0 Å². The molecule has 1 N–H and O–H groups in total. The zero-order chi connectivity index (χ0) is 20.1. The third kappa shape index (κ3) is 5.04. The standard InChI is InChI=1S/C16H18N2O7S2.2Na/c1-16(2)11(15(21)22)18-13(20)9(14(18)26-16)17-12(19)10(27(23,24)25)8-6-4-3-5-7-8;;/h3-7,9-11,14H,1-2H3,(H,17,19)(H,21,22)(H,23,24,25);;/q;2*+1/p-2. The van der Waals surface area contributed by atoms with Crippen molar-refractivity contribution in [1.29, 1.82) is 0 Å². The van der Waals surface area contributed by atoms with E-state index in [1.807, 2.05) is 0 Å². The smallest absolute Gasteiger partial charge is 0.861 e. The Balaban J connectivity index is 0.00000210. The summed E-state index contributed by atoms with van der Waals surface area (Å²) >= 11 is 1.15. The summed E-state index contributed by atoms with van der Waals surface area (Å²) in [4.78, 5) is 28.5. The molecule has 3 rings (SSSR count). The van der Waals surface area contributed by atoms with Gasteiger partial charge in [-0.1, -0.05) is 30.3 Å².